The van der Waals surface area contributed by atoms with Crippen LogP contribution < -0.4 is 4.74 Å². The van der Waals surface area contributed by atoms with Crippen LogP contribution in [0, 0.1) is 0 Å². The number of esters is 1. The lowest BCUT2D eigenvalue weighted by Gasteiger charge is -2.00. The van der Waals surface area contributed by atoms with E-state index in [4.69, 9.17) is 4.74 Å². The first-order valence-electron chi connectivity index (χ1n) is 6.09. The number of carbonyl (C=O) groups excluding carboxylic acids is 1. The Morgan fingerprint density at radius 1 is 1.00 bits per heavy atom. The third kappa shape index (κ3) is 3.45. The van der Waals surface area contributed by atoms with Crippen LogP contribution in [0.1, 0.15) is 15.9 Å². The summed E-state index contributed by atoms with van der Waals surface area (Å²) < 4.78 is 9.73. The number of hydrogen-bond acceptors (Lipinski definition) is 4. The van der Waals surface area contributed by atoms with E-state index in [9.17, 15) is 4.79 Å². The summed E-state index contributed by atoms with van der Waals surface area (Å²) in [4.78, 5) is 15.6. The standard InChI is InChI=1S/C16H15NO3/c1-19-15-9-7-14(8-10-15)17-11-12-3-5-13(6-4-12)16(18)20-2/h3-11H,1-2H3/b17-11+. The molecular weight excluding hydrogens is 254 g/mol. The summed E-state index contributed by atoms with van der Waals surface area (Å²) in [7, 11) is 2.99. The molecule has 0 heterocycles. The van der Waals surface area contributed by atoms with Crippen LogP contribution in [0.4, 0.5) is 5.69 Å². The van der Waals surface area contributed by atoms with Gasteiger partial charge < -0.3 is 9.47 Å². The number of ether oxygens (including phenoxy) is 2. The predicted molar refractivity (Wildman–Crippen MR) is 78.0 cm³/mol. The van der Waals surface area contributed by atoms with E-state index in [1.165, 1.54) is 7.11 Å². The van der Waals surface area contributed by atoms with Crippen LogP contribution in [-0.4, -0.2) is 26.4 Å². The van der Waals surface area contributed by atoms with Gasteiger partial charge in [0.05, 0.1) is 25.5 Å². The second kappa shape index (κ2) is 6.52. The topological polar surface area (TPSA) is 47.9 Å². The highest BCUT2D eigenvalue weighted by Gasteiger charge is 2.03. The fourth-order valence-corrected chi connectivity index (χ4v) is 1.64. The highest BCUT2D eigenvalue weighted by molar-refractivity contribution is 5.90. The first-order chi connectivity index (χ1) is 9.72. The minimum atomic E-state index is -0.344. The Kier molecular flexibility index (Phi) is 4.50. The molecule has 2 aromatic carbocycles. The number of rotatable bonds is 4. The summed E-state index contributed by atoms with van der Waals surface area (Å²) >= 11 is 0. The second-order valence-electron chi connectivity index (χ2n) is 4.07. The van der Waals surface area contributed by atoms with Crippen molar-refractivity contribution in [1.82, 2.24) is 0 Å². The van der Waals surface area contributed by atoms with Crippen LogP contribution in [-0.2, 0) is 4.74 Å². The Morgan fingerprint density at radius 2 is 1.65 bits per heavy atom. The summed E-state index contributed by atoms with van der Waals surface area (Å²) in [5.41, 5.74) is 2.27. The second-order valence-corrected chi connectivity index (χ2v) is 4.07. The van der Waals surface area contributed by atoms with E-state index < -0.39 is 0 Å². The number of carbonyl (C=O) groups is 1. The fraction of sp³-hybridized carbons (Fsp3) is 0.125. The molecule has 0 atom stereocenters. The van der Waals surface area contributed by atoms with Crippen molar-refractivity contribution < 1.29 is 14.3 Å². The molecule has 4 nitrogen and oxygen atoms in total. The number of benzene rings is 2. The van der Waals surface area contributed by atoms with Gasteiger partial charge in [-0.2, -0.15) is 0 Å². The minimum absolute atomic E-state index is 0.344. The number of methoxy groups -OCH3 is 2. The maximum Gasteiger partial charge on any atom is 0.337 e. The van der Waals surface area contributed by atoms with Crippen molar-refractivity contribution in [2.75, 3.05) is 14.2 Å². The maximum atomic E-state index is 11.3. The molecule has 20 heavy (non-hydrogen) atoms. The van der Waals surface area contributed by atoms with E-state index >= 15 is 0 Å². The first kappa shape index (κ1) is 13.8. The van der Waals surface area contributed by atoms with Crippen molar-refractivity contribution in [2.45, 2.75) is 0 Å². The molecule has 0 amide bonds. The summed E-state index contributed by atoms with van der Waals surface area (Å²) in [6, 6.07) is 14.5. The first-order valence-corrected chi connectivity index (χ1v) is 6.09. The van der Waals surface area contributed by atoms with E-state index in [0.29, 0.717) is 5.56 Å². The molecule has 0 unspecified atom stereocenters. The van der Waals surface area contributed by atoms with Crippen LogP contribution in [0.3, 0.4) is 0 Å². The highest BCUT2D eigenvalue weighted by Crippen LogP contribution is 2.17. The van der Waals surface area contributed by atoms with Gasteiger partial charge in [-0.25, -0.2) is 4.79 Å². The zero-order valence-corrected chi connectivity index (χ0v) is 11.4. The van der Waals surface area contributed by atoms with E-state index in [-0.39, 0.29) is 5.97 Å². The zero-order chi connectivity index (χ0) is 14.4. The molecule has 0 aromatic heterocycles. The average Bonchev–Trinajstić information content (AvgIpc) is 2.53. The Balaban J connectivity index is 2.08. The Morgan fingerprint density at radius 3 is 2.20 bits per heavy atom. The third-order valence-corrected chi connectivity index (χ3v) is 2.77. The maximum absolute atomic E-state index is 11.3. The van der Waals surface area contributed by atoms with Gasteiger partial charge in [0.2, 0.25) is 0 Å². The molecule has 102 valence electrons. The SMILES string of the molecule is COC(=O)c1ccc(/C=N/c2ccc(OC)cc2)cc1. The van der Waals surface area contributed by atoms with E-state index in [0.717, 1.165) is 17.0 Å². The van der Waals surface area contributed by atoms with Gasteiger partial charge in [-0.15, -0.1) is 0 Å². The quantitative estimate of drug-likeness (QED) is 0.632. The molecule has 0 radical (unpaired) electrons. The lowest BCUT2D eigenvalue weighted by Crippen LogP contribution is -2.00. The fourth-order valence-electron chi connectivity index (χ4n) is 1.64. The number of nitrogens with zero attached hydrogens (tertiary/aromatic N) is 1. The number of aliphatic imine (C=N–C) groups is 1. The van der Waals surface area contributed by atoms with Gasteiger partial charge in [0.1, 0.15) is 5.75 Å². The van der Waals surface area contributed by atoms with Gasteiger partial charge >= 0.3 is 5.97 Å². The van der Waals surface area contributed by atoms with Crippen molar-refractivity contribution in [3.05, 3.63) is 59.7 Å². The molecule has 0 saturated heterocycles. The predicted octanol–water partition coefficient (Wildman–Crippen LogP) is 3.23. The molecule has 2 aromatic rings. The molecule has 0 bridgehead atoms. The Labute approximate surface area is 117 Å². The van der Waals surface area contributed by atoms with Crippen molar-refractivity contribution in [3.8, 4) is 5.75 Å². The summed E-state index contributed by atoms with van der Waals surface area (Å²) in [6.45, 7) is 0. The largest absolute Gasteiger partial charge is 0.497 e. The lowest BCUT2D eigenvalue weighted by molar-refractivity contribution is 0.0601. The smallest absolute Gasteiger partial charge is 0.337 e. The minimum Gasteiger partial charge on any atom is -0.497 e. The van der Waals surface area contributed by atoms with Crippen LogP contribution in [0.2, 0.25) is 0 Å². The summed E-state index contributed by atoms with van der Waals surface area (Å²) in [5.74, 6) is 0.454. The number of hydrogen-bond donors (Lipinski definition) is 0. The van der Waals surface area contributed by atoms with Crippen LogP contribution in [0.5, 0.6) is 5.75 Å². The molecule has 4 heteroatoms. The highest BCUT2D eigenvalue weighted by atomic mass is 16.5. The molecule has 0 spiro atoms. The average molecular weight is 269 g/mol. The molecule has 0 aliphatic carbocycles. The van der Waals surface area contributed by atoms with E-state index in [1.807, 2.05) is 36.4 Å². The Bertz CT molecular complexity index is 601. The third-order valence-electron chi connectivity index (χ3n) is 2.77. The van der Waals surface area contributed by atoms with Crippen LogP contribution >= 0.6 is 0 Å². The van der Waals surface area contributed by atoms with E-state index in [1.54, 1.807) is 25.5 Å². The van der Waals surface area contributed by atoms with Gasteiger partial charge in [0, 0.05) is 6.21 Å². The van der Waals surface area contributed by atoms with Crippen molar-refractivity contribution in [2.24, 2.45) is 4.99 Å². The normalized spacial score (nSPS) is 10.5. The summed E-state index contributed by atoms with van der Waals surface area (Å²) in [6.07, 6.45) is 1.74. The van der Waals surface area contributed by atoms with Crippen molar-refractivity contribution in [1.29, 1.82) is 0 Å². The molecular formula is C16H15NO3. The van der Waals surface area contributed by atoms with Gasteiger partial charge in [-0.05, 0) is 42.0 Å². The van der Waals surface area contributed by atoms with Gasteiger partial charge in [0.15, 0.2) is 0 Å². The monoisotopic (exact) mass is 269 g/mol. The van der Waals surface area contributed by atoms with Gasteiger partial charge in [-0.3, -0.25) is 4.99 Å². The molecule has 0 aliphatic heterocycles. The molecule has 0 aliphatic rings. The van der Waals surface area contributed by atoms with Crippen LogP contribution in [0.15, 0.2) is 53.5 Å². The lowest BCUT2D eigenvalue weighted by atomic mass is 10.1. The summed E-state index contributed by atoms with van der Waals surface area (Å²) in [5, 5.41) is 0. The molecule has 0 saturated carbocycles. The van der Waals surface area contributed by atoms with Gasteiger partial charge in [0.25, 0.3) is 0 Å². The zero-order valence-electron chi connectivity index (χ0n) is 11.4. The molecule has 0 fully saturated rings. The van der Waals surface area contributed by atoms with Crippen molar-refractivity contribution in [3.63, 3.8) is 0 Å². The van der Waals surface area contributed by atoms with Crippen LogP contribution in [0.25, 0.3) is 0 Å². The van der Waals surface area contributed by atoms with E-state index in [2.05, 4.69) is 9.73 Å². The Hall–Kier alpha value is -2.62. The van der Waals surface area contributed by atoms with Gasteiger partial charge in [-0.1, -0.05) is 12.1 Å². The van der Waals surface area contributed by atoms with Crippen molar-refractivity contribution >= 4 is 17.9 Å². The molecule has 0 N–H and O–H groups in total. The molecule has 2 rings (SSSR count).